The van der Waals surface area contributed by atoms with Crippen molar-refractivity contribution in [3.05, 3.63) is 58.1 Å². The predicted octanol–water partition coefficient (Wildman–Crippen LogP) is 4.21. The highest BCUT2D eigenvalue weighted by Gasteiger charge is 2.11. The number of likely N-dealkylation sites (N-methyl/N-ethyl adjacent to an activating group) is 1. The standard InChI is InChI=1S/C20H25ClN2O2/c1-14-11-16(3)20(17(21)12-14)22-19(24)13-23(4)9-10-25-18-8-6-5-7-15(18)2/h5-8,11-12H,9-10,13H2,1-4H3,(H,22,24). The molecule has 0 atom stereocenters. The first-order valence-electron chi connectivity index (χ1n) is 8.30. The number of carbonyl (C=O) groups excluding carboxylic acids is 1. The van der Waals surface area contributed by atoms with Crippen LogP contribution in [0.2, 0.25) is 5.02 Å². The summed E-state index contributed by atoms with van der Waals surface area (Å²) in [5.41, 5.74) is 3.82. The van der Waals surface area contributed by atoms with E-state index in [9.17, 15) is 4.79 Å². The summed E-state index contributed by atoms with van der Waals surface area (Å²) in [7, 11) is 1.89. The fourth-order valence-electron chi connectivity index (χ4n) is 2.61. The van der Waals surface area contributed by atoms with E-state index in [0.29, 0.717) is 23.9 Å². The molecule has 0 radical (unpaired) electrons. The Morgan fingerprint density at radius 1 is 1.16 bits per heavy atom. The Kier molecular flexibility index (Phi) is 6.85. The van der Waals surface area contributed by atoms with Gasteiger partial charge in [-0.25, -0.2) is 0 Å². The number of nitrogens with one attached hydrogen (secondary N) is 1. The number of amides is 1. The Hall–Kier alpha value is -2.04. The molecule has 4 nitrogen and oxygen atoms in total. The molecular weight excluding hydrogens is 336 g/mol. The third kappa shape index (κ3) is 5.76. The highest BCUT2D eigenvalue weighted by Crippen LogP contribution is 2.27. The molecule has 0 spiro atoms. The zero-order valence-electron chi connectivity index (χ0n) is 15.2. The van der Waals surface area contributed by atoms with Crippen LogP contribution in [-0.4, -0.2) is 37.6 Å². The predicted molar refractivity (Wildman–Crippen MR) is 104 cm³/mol. The molecular formula is C20H25ClN2O2. The molecule has 0 saturated carbocycles. The maximum atomic E-state index is 12.2. The molecule has 0 bridgehead atoms. The van der Waals surface area contributed by atoms with Crippen molar-refractivity contribution < 1.29 is 9.53 Å². The van der Waals surface area contributed by atoms with Crippen LogP contribution in [0.5, 0.6) is 5.75 Å². The summed E-state index contributed by atoms with van der Waals surface area (Å²) >= 11 is 6.23. The van der Waals surface area contributed by atoms with Gasteiger partial charge in [0.25, 0.3) is 0 Å². The SMILES string of the molecule is Cc1cc(C)c(NC(=O)CN(C)CCOc2ccccc2C)c(Cl)c1. The number of ether oxygens (including phenoxy) is 1. The number of anilines is 1. The second kappa shape index (κ2) is 8.88. The molecule has 25 heavy (non-hydrogen) atoms. The van der Waals surface area contributed by atoms with Gasteiger partial charge in [0, 0.05) is 6.54 Å². The van der Waals surface area contributed by atoms with E-state index in [1.807, 2.05) is 69.1 Å². The molecule has 2 aromatic carbocycles. The Morgan fingerprint density at radius 2 is 1.88 bits per heavy atom. The number of hydrogen-bond acceptors (Lipinski definition) is 3. The lowest BCUT2D eigenvalue weighted by molar-refractivity contribution is -0.117. The topological polar surface area (TPSA) is 41.6 Å². The van der Waals surface area contributed by atoms with Crippen LogP contribution in [0.15, 0.2) is 36.4 Å². The van der Waals surface area contributed by atoms with Crippen molar-refractivity contribution in [1.82, 2.24) is 4.90 Å². The van der Waals surface area contributed by atoms with Crippen LogP contribution >= 0.6 is 11.6 Å². The van der Waals surface area contributed by atoms with Crippen LogP contribution in [0, 0.1) is 20.8 Å². The molecule has 0 fully saturated rings. The number of halogens is 1. The Bertz CT molecular complexity index is 723. The van der Waals surface area contributed by atoms with Gasteiger partial charge in [0.15, 0.2) is 0 Å². The number of rotatable bonds is 7. The van der Waals surface area contributed by atoms with Gasteiger partial charge in [0.2, 0.25) is 5.91 Å². The molecule has 0 aromatic heterocycles. The van der Waals surface area contributed by atoms with Gasteiger partial charge in [-0.1, -0.05) is 35.9 Å². The van der Waals surface area contributed by atoms with Crippen molar-refractivity contribution in [2.24, 2.45) is 0 Å². The van der Waals surface area contributed by atoms with Crippen LogP contribution in [0.25, 0.3) is 0 Å². The number of carbonyl (C=O) groups is 1. The molecule has 0 unspecified atom stereocenters. The summed E-state index contributed by atoms with van der Waals surface area (Å²) in [6, 6.07) is 11.7. The number of para-hydroxylation sites is 1. The number of nitrogens with zero attached hydrogens (tertiary/aromatic N) is 1. The fraction of sp³-hybridized carbons (Fsp3) is 0.350. The third-order valence-electron chi connectivity index (χ3n) is 3.93. The third-order valence-corrected chi connectivity index (χ3v) is 4.23. The summed E-state index contributed by atoms with van der Waals surface area (Å²) in [5, 5.41) is 3.47. The minimum absolute atomic E-state index is 0.0905. The lowest BCUT2D eigenvalue weighted by Gasteiger charge is -2.18. The van der Waals surface area contributed by atoms with Crippen molar-refractivity contribution in [3.8, 4) is 5.75 Å². The second-order valence-electron chi connectivity index (χ2n) is 6.34. The van der Waals surface area contributed by atoms with Crippen molar-refractivity contribution in [2.75, 3.05) is 32.1 Å². The Labute approximate surface area is 154 Å². The van der Waals surface area contributed by atoms with Gasteiger partial charge in [-0.15, -0.1) is 0 Å². The van der Waals surface area contributed by atoms with Gasteiger partial charge in [-0.05, 0) is 56.6 Å². The average molecular weight is 361 g/mol. The minimum atomic E-state index is -0.0905. The maximum absolute atomic E-state index is 12.2. The monoisotopic (exact) mass is 360 g/mol. The second-order valence-corrected chi connectivity index (χ2v) is 6.75. The van der Waals surface area contributed by atoms with E-state index in [1.54, 1.807) is 0 Å². The maximum Gasteiger partial charge on any atom is 0.238 e. The van der Waals surface area contributed by atoms with E-state index in [1.165, 1.54) is 0 Å². The highest BCUT2D eigenvalue weighted by atomic mass is 35.5. The van der Waals surface area contributed by atoms with Gasteiger partial charge in [0.1, 0.15) is 12.4 Å². The first-order chi connectivity index (χ1) is 11.9. The largest absolute Gasteiger partial charge is 0.492 e. The summed E-state index contributed by atoms with van der Waals surface area (Å²) in [4.78, 5) is 14.2. The van der Waals surface area contributed by atoms with Gasteiger partial charge >= 0.3 is 0 Å². The number of aryl methyl sites for hydroxylation is 3. The van der Waals surface area contributed by atoms with Crippen LogP contribution in [0.4, 0.5) is 5.69 Å². The van der Waals surface area contributed by atoms with Crippen LogP contribution < -0.4 is 10.1 Å². The van der Waals surface area contributed by atoms with Crippen LogP contribution in [-0.2, 0) is 4.79 Å². The van der Waals surface area contributed by atoms with Crippen molar-refractivity contribution in [2.45, 2.75) is 20.8 Å². The molecule has 1 amide bonds. The summed E-state index contributed by atoms with van der Waals surface area (Å²) < 4.78 is 5.76. The minimum Gasteiger partial charge on any atom is -0.492 e. The average Bonchev–Trinajstić information content (AvgIpc) is 2.52. The first-order valence-corrected chi connectivity index (χ1v) is 8.68. The molecule has 0 aliphatic heterocycles. The Morgan fingerprint density at radius 3 is 2.56 bits per heavy atom. The summed E-state index contributed by atoms with van der Waals surface area (Å²) in [6.07, 6.45) is 0. The van der Waals surface area contributed by atoms with E-state index >= 15 is 0 Å². The van der Waals surface area contributed by atoms with E-state index in [2.05, 4.69) is 5.32 Å². The number of benzene rings is 2. The van der Waals surface area contributed by atoms with Gasteiger partial charge in [0.05, 0.1) is 17.3 Å². The molecule has 5 heteroatoms. The lowest BCUT2D eigenvalue weighted by atomic mass is 10.1. The van der Waals surface area contributed by atoms with Crippen molar-refractivity contribution in [1.29, 1.82) is 0 Å². The van der Waals surface area contributed by atoms with Gasteiger partial charge < -0.3 is 10.1 Å². The lowest BCUT2D eigenvalue weighted by Crippen LogP contribution is -2.33. The smallest absolute Gasteiger partial charge is 0.238 e. The summed E-state index contributed by atoms with van der Waals surface area (Å²) in [6.45, 7) is 7.39. The van der Waals surface area contributed by atoms with E-state index < -0.39 is 0 Å². The number of hydrogen-bond donors (Lipinski definition) is 1. The molecule has 2 aromatic rings. The molecule has 1 N–H and O–H groups in total. The molecule has 2 rings (SSSR count). The van der Waals surface area contributed by atoms with E-state index in [0.717, 1.165) is 22.4 Å². The zero-order chi connectivity index (χ0) is 18.4. The highest BCUT2D eigenvalue weighted by molar-refractivity contribution is 6.34. The molecule has 0 aliphatic rings. The van der Waals surface area contributed by atoms with Crippen LogP contribution in [0.3, 0.4) is 0 Å². The Balaban J connectivity index is 1.81. The van der Waals surface area contributed by atoms with Crippen molar-refractivity contribution >= 4 is 23.2 Å². The summed E-state index contributed by atoms with van der Waals surface area (Å²) in [5.74, 6) is 0.787. The normalized spacial score (nSPS) is 10.8. The van der Waals surface area contributed by atoms with Crippen molar-refractivity contribution in [3.63, 3.8) is 0 Å². The van der Waals surface area contributed by atoms with E-state index in [-0.39, 0.29) is 12.5 Å². The molecule has 0 heterocycles. The van der Waals surface area contributed by atoms with Gasteiger partial charge in [-0.3, -0.25) is 9.69 Å². The quantitative estimate of drug-likeness (QED) is 0.804. The van der Waals surface area contributed by atoms with Crippen LogP contribution in [0.1, 0.15) is 16.7 Å². The molecule has 0 aliphatic carbocycles. The van der Waals surface area contributed by atoms with E-state index in [4.69, 9.17) is 16.3 Å². The van der Waals surface area contributed by atoms with Gasteiger partial charge in [-0.2, -0.15) is 0 Å². The zero-order valence-corrected chi connectivity index (χ0v) is 16.0. The molecule has 0 saturated heterocycles. The first kappa shape index (κ1) is 19.3. The fourth-order valence-corrected chi connectivity index (χ4v) is 2.98. The molecule has 134 valence electrons.